The fraction of sp³-hybridized carbons (Fsp3) is 0.333. The SMILES string of the molecule is COc1ccc(C2=NO[C@H](Cn3c(=O)c4c(ncn4C)n(C)c3=O)C2)cc1. The number of ether oxygens (including phenoxy) is 1. The molecule has 4 rings (SSSR count). The Kier molecular flexibility index (Phi) is 4.06. The number of oxime groups is 1. The van der Waals surface area contributed by atoms with Crippen molar-refractivity contribution < 1.29 is 9.57 Å². The lowest BCUT2D eigenvalue weighted by molar-refractivity contribution is 0.0706. The number of nitrogens with zero attached hydrogens (tertiary/aromatic N) is 5. The molecule has 0 bridgehead atoms. The van der Waals surface area contributed by atoms with Crippen LogP contribution in [0.1, 0.15) is 12.0 Å². The van der Waals surface area contributed by atoms with Crippen molar-refractivity contribution >= 4 is 16.9 Å². The number of hydrogen-bond acceptors (Lipinski definition) is 6. The summed E-state index contributed by atoms with van der Waals surface area (Å²) in [6, 6.07) is 7.50. The van der Waals surface area contributed by atoms with Crippen LogP contribution in [-0.4, -0.2) is 37.6 Å². The molecule has 0 unspecified atom stereocenters. The van der Waals surface area contributed by atoms with Crippen LogP contribution in [0, 0.1) is 0 Å². The van der Waals surface area contributed by atoms with Crippen LogP contribution in [0.3, 0.4) is 0 Å². The van der Waals surface area contributed by atoms with Crippen LogP contribution in [0.15, 0.2) is 45.3 Å². The molecule has 0 aliphatic carbocycles. The van der Waals surface area contributed by atoms with E-state index in [1.165, 1.54) is 15.5 Å². The van der Waals surface area contributed by atoms with Crippen molar-refractivity contribution in [3.63, 3.8) is 0 Å². The molecule has 1 aliphatic heterocycles. The summed E-state index contributed by atoms with van der Waals surface area (Å²) in [4.78, 5) is 35.0. The van der Waals surface area contributed by atoms with E-state index in [1.807, 2.05) is 24.3 Å². The summed E-state index contributed by atoms with van der Waals surface area (Å²) in [6.45, 7) is 0.121. The topological polar surface area (TPSA) is 92.6 Å². The van der Waals surface area contributed by atoms with Gasteiger partial charge in [0, 0.05) is 20.5 Å². The fourth-order valence-electron chi connectivity index (χ4n) is 3.24. The van der Waals surface area contributed by atoms with Gasteiger partial charge < -0.3 is 14.1 Å². The normalized spacial score (nSPS) is 16.4. The molecule has 1 aromatic carbocycles. The molecule has 0 radical (unpaired) electrons. The van der Waals surface area contributed by atoms with Gasteiger partial charge in [-0.25, -0.2) is 9.78 Å². The van der Waals surface area contributed by atoms with E-state index in [4.69, 9.17) is 9.57 Å². The molecule has 9 heteroatoms. The Morgan fingerprint density at radius 3 is 2.67 bits per heavy atom. The minimum atomic E-state index is -0.423. The zero-order valence-corrected chi connectivity index (χ0v) is 15.2. The van der Waals surface area contributed by atoms with E-state index >= 15 is 0 Å². The van der Waals surface area contributed by atoms with E-state index in [1.54, 1.807) is 25.8 Å². The molecule has 0 fully saturated rings. The van der Waals surface area contributed by atoms with Gasteiger partial charge in [-0.1, -0.05) is 5.16 Å². The van der Waals surface area contributed by atoms with Crippen LogP contribution in [0.2, 0.25) is 0 Å². The van der Waals surface area contributed by atoms with Crippen molar-refractivity contribution in [3.05, 3.63) is 57.0 Å². The van der Waals surface area contributed by atoms with Crippen molar-refractivity contribution in [2.45, 2.75) is 19.1 Å². The third-order valence-corrected chi connectivity index (χ3v) is 4.74. The molecule has 0 saturated carbocycles. The zero-order chi connectivity index (χ0) is 19.1. The van der Waals surface area contributed by atoms with E-state index in [9.17, 15) is 9.59 Å². The first-order valence-corrected chi connectivity index (χ1v) is 8.47. The highest BCUT2D eigenvalue weighted by Crippen LogP contribution is 2.20. The van der Waals surface area contributed by atoms with Crippen LogP contribution in [0.5, 0.6) is 5.75 Å². The molecule has 0 saturated heterocycles. The molecular weight excluding hydrogens is 350 g/mol. The van der Waals surface area contributed by atoms with Gasteiger partial charge in [0.2, 0.25) is 0 Å². The van der Waals surface area contributed by atoms with E-state index in [0.717, 1.165) is 17.0 Å². The summed E-state index contributed by atoms with van der Waals surface area (Å²) in [7, 11) is 4.93. The van der Waals surface area contributed by atoms with E-state index in [2.05, 4.69) is 10.1 Å². The lowest BCUT2D eigenvalue weighted by Gasteiger charge is -2.12. The molecule has 1 atom stereocenters. The molecule has 0 spiro atoms. The Morgan fingerprint density at radius 2 is 1.96 bits per heavy atom. The maximum Gasteiger partial charge on any atom is 0.332 e. The predicted octanol–water partition coefficient (Wildman–Crippen LogP) is 0.635. The number of benzene rings is 1. The van der Waals surface area contributed by atoms with Gasteiger partial charge in [0.25, 0.3) is 5.56 Å². The van der Waals surface area contributed by atoms with Gasteiger partial charge in [-0.3, -0.25) is 13.9 Å². The predicted molar refractivity (Wildman–Crippen MR) is 99.2 cm³/mol. The first-order valence-electron chi connectivity index (χ1n) is 8.47. The standard InChI is InChI=1S/C18H19N5O4/c1-21-10-19-16-15(21)17(24)23(18(25)22(16)2)9-13-8-14(20-27-13)11-4-6-12(26-3)7-5-11/h4-7,10,13H,8-9H2,1-3H3/t13-/m0/s1. The van der Waals surface area contributed by atoms with Gasteiger partial charge in [0.1, 0.15) is 5.75 Å². The summed E-state index contributed by atoms with van der Waals surface area (Å²) < 4.78 is 9.32. The van der Waals surface area contributed by atoms with Crippen molar-refractivity contribution in [2.24, 2.45) is 19.3 Å². The first-order chi connectivity index (χ1) is 13.0. The first kappa shape index (κ1) is 17.1. The highest BCUT2D eigenvalue weighted by atomic mass is 16.6. The summed E-state index contributed by atoms with van der Waals surface area (Å²) >= 11 is 0. The molecule has 3 aromatic rings. The minimum Gasteiger partial charge on any atom is -0.497 e. The number of aromatic nitrogens is 4. The Balaban J connectivity index is 1.60. The van der Waals surface area contributed by atoms with Crippen LogP contribution in [-0.2, 0) is 25.5 Å². The van der Waals surface area contributed by atoms with Gasteiger partial charge in [0.15, 0.2) is 17.3 Å². The zero-order valence-electron chi connectivity index (χ0n) is 15.2. The van der Waals surface area contributed by atoms with Crippen LogP contribution < -0.4 is 16.0 Å². The second-order valence-corrected chi connectivity index (χ2v) is 6.48. The summed E-state index contributed by atoms with van der Waals surface area (Å²) in [5.74, 6) is 0.759. The minimum absolute atomic E-state index is 0.121. The van der Waals surface area contributed by atoms with Gasteiger partial charge in [0.05, 0.1) is 25.7 Å². The lowest BCUT2D eigenvalue weighted by atomic mass is 10.0. The molecule has 0 N–H and O–H groups in total. The van der Waals surface area contributed by atoms with Crippen molar-refractivity contribution in [3.8, 4) is 5.75 Å². The third-order valence-electron chi connectivity index (χ3n) is 4.74. The summed E-state index contributed by atoms with van der Waals surface area (Å²) in [5.41, 5.74) is 1.63. The summed E-state index contributed by atoms with van der Waals surface area (Å²) in [5, 5.41) is 4.12. The largest absolute Gasteiger partial charge is 0.497 e. The number of hydrogen-bond donors (Lipinski definition) is 0. The second-order valence-electron chi connectivity index (χ2n) is 6.48. The monoisotopic (exact) mass is 369 g/mol. The third kappa shape index (κ3) is 2.80. The average molecular weight is 369 g/mol. The number of aryl methyl sites for hydroxylation is 2. The Hall–Kier alpha value is -3.36. The lowest BCUT2D eigenvalue weighted by Crippen LogP contribution is -2.42. The summed E-state index contributed by atoms with van der Waals surface area (Å²) in [6.07, 6.45) is 1.64. The van der Waals surface area contributed by atoms with Crippen LogP contribution in [0.25, 0.3) is 11.2 Å². The number of methoxy groups -OCH3 is 1. The molecule has 27 heavy (non-hydrogen) atoms. The van der Waals surface area contributed by atoms with Crippen molar-refractivity contribution in [1.29, 1.82) is 0 Å². The molecule has 3 heterocycles. The molecule has 1 aliphatic rings. The second kappa shape index (κ2) is 6.42. The van der Waals surface area contributed by atoms with E-state index in [-0.39, 0.29) is 12.1 Å². The highest BCUT2D eigenvalue weighted by molar-refractivity contribution is 6.01. The van der Waals surface area contributed by atoms with Gasteiger partial charge in [-0.15, -0.1) is 0 Å². The Labute approximate surface area is 154 Å². The number of rotatable bonds is 4. The molecule has 140 valence electrons. The number of imidazole rings is 1. The van der Waals surface area contributed by atoms with Crippen LogP contribution >= 0.6 is 0 Å². The van der Waals surface area contributed by atoms with Crippen molar-refractivity contribution in [2.75, 3.05) is 7.11 Å². The van der Waals surface area contributed by atoms with Gasteiger partial charge >= 0.3 is 5.69 Å². The maximum atomic E-state index is 12.8. The van der Waals surface area contributed by atoms with Gasteiger partial charge in [-0.05, 0) is 29.8 Å². The molecule has 0 amide bonds. The van der Waals surface area contributed by atoms with Crippen LogP contribution in [0.4, 0.5) is 0 Å². The molecular formula is C18H19N5O4. The highest BCUT2D eigenvalue weighted by Gasteiger charge is 2.25. The number of fused-ring (bicyclic) bond motifs is 1. The van der Waals surface area contributed by atoms with E-state index < -0.39 is 11.8 Å². The quantitative estimate of drug-likeness (QED) is 0.673. The maximum absolute atomic E-state index is 12.8. The molecule has 2 aromatic heterocycles. The van der Waals surface area contributed by atoms with Crippen molar-refractivity contribution in [1.82, 2.24) is 18.7 Å². The van der Waals surface area contributed by atoms with E-state index in [0.29, 0.717) is 17.6 Å². The Bertz CT molecular complexity index is 1150. The van der Waals surface area contributed by atoms with Gasteiger partial charge in [-0.2, -0.15) is 0 Å². The Morgan fingerprint density at radius 1 is 1.22 bits per heavy atom. The average Bonchev–Trinajstić information content (AvgIpc) is 3.30. The fourth-order valence-corrected chi connectivity index (χ4v) is 3.24. The molecule has 9 nitrogen and oxygen atoms in total. The smallest absolute Gasteiger partial charge is 0.332 e.